The number of aliphatic hydroxyl groups is 2. The Morgan fingerprint density at radius 3 is 2.61 bits per heavy atom. The van der Waals surface area contributed by atoms with Gasteiger partial charge in [-0.25, -0.2) is 0 Å². The van der Waals surface area contributed by atoms with E-state index in [9.17, 15) is 5.11 Å². The maximum absolute atomic E-state index is 10.7. The quantitative estimate of drug-likeness (QED) is 0.420. The highest BCUT2D eigenvalue weighted by Gasteiger charge is 2.18. The number of aliphatic hydroxyl groups excluding tert-OH is 2. The summed E-state index contributed by atoms with van der Waals surface area (Å²) in [4.78, 5) is 0. The third kappa shape index (κ3) is 3.91. The molecular weight excluding hydrogens is 419 g/mol. The first-order valence-corrected chi connectivity index (χ1v) is 10.1. The van der Waals surface area contributed by atoms with Crippen LogP contribution in [-0.4, -0.2) is 46.9 Å². The molecule has 0 fully saturated rings. The highest BCUT2D eigenvalue weighted by atomic mass is 79.9. The summed E-state index contributed by atoms with van der Waals surface area (Å²) in [7, 11) is 6.01. The molecule has 0 spiro atoms. The summed E-state index contributed by atoms with van der Waals surface area (Å²) in [5.41, 5.74) is 9.93. The summed E-state index contributed by atoms with van der Waals surface area (Å²) in [5, 5.41) is 23.7. The summed E-state index contributed by atoms with van der Waals surface area (Å²) in [5.74, 6) is 0. The van der Waals surface area contributed by atoms with Gasteiger partial charge in [0.25, 0.3) is 0 Å². The lowest BCUT2D eigenvalue weighted by Crippen LogP contribution is -2.41. The minimum absolute atomic E-state index is 0.163. The van der Waals surface area contributed by atoms with Crippen molar-refractivity contribution in [3.05, 3.63) is 52.8 Å². The van der Waals surface area contributed by atoms with Crippen molar-refractivity contribution in [2.45, 2.75) is 25.5 Å². The molecule has 1 aromatic heterocycles. The van der Waals surface area contributed by atoms with Gasteiger partial charge >= 0.3 is 0 Å². The number of aromatic nitrogens is 1. The minimum Gasteiger partial charge on any atom is -0.396 e. The molecule has 8 heteroatoms. The Morgan fingerprint density at radius 2 is 1.82 bits per heavy atom. The van der Waals surface area contributed by atoms with Gasteiger partial charge in [-0.15, -0.1) is 5.53 Å². The summed E-state index contributed by atoms with van der Waals surface area (Å²) < 4.78 is 3.15. The normalized spacial score (nSPS) is 15.2. The molecule has 3 aromatic rings. The smallest absolute Gasteiger partial charge is 0.113 e. The standard InChI is InChI=1S/C20H22BBrN4O2/c21-13-3-5-19-17(8-13)18-9-14(22)4-6-20(18)26(19)12-16(28)11-25-10-15(23-24-25)2-1-7-27/h3-6,8-10,16,23-24,27-28H,1-2,7,11-12H2. The lowest BCUT2D eigenvalue weighted by atomic mass is 9.94. The highest BCUT2D eigenvalue weighted by Crippen LogP contribution is 2.31. The van der Waals surface area contributed by atoms with E-state index in [0.717, 1.165) is 43.9 Å². The molecule has 1 unspecified atom stereocenters. The van der Waals surface area contributed by atoms with Crippen LogP contribution < -0.4 is 16.4 Å². The fourth-order valence-corrected chi connectivity index (χ4v) is 4.04. The fourth-order valence-electron chi connectivity index (χ4n) is 3.68. The number of rotatable bonds is 7. The molecule has 2 radical (unpaired) electrons. The Hall–Kier alpha value is -2.00. The van der Waals surface area contributed by atoms with Crippen LogP contribution in [0.2, 0.25) is 0 Å². The summed E-state index contributed by atoms with van der Waals surface area (Å²) in [6.07, 6.45) is 2.82. The monoisotopic (exact) mass is 440 g/mol. The lowest BCUT2D eigenvalue weighted by molar-refractivity contribution is 0.100. The second kappa shape index (κ2) is 8.17. The molecule has 1 aliphatic heterocycles. The first-order chi connectivity index (χ1) is 13.5. The lowest BCUT2D eigenvalue weighted by Gasteiger charge is -2.20. The molecule has 0 amide bonds. The minimum atomic E-state index is -0.581. The molecule has 1 atom stereocenters. The number of benzene rings is 2. The molecule has 28 heavy (non-hydrogen) atoms. The summed E-state index contributed by atoms with van der Waals surface area (Å²) in [6.45, 7) is 1.06. The second-order valence-electron chi connectivity index (χ2n) is 7.07. The first-order valence-electron chi connectivity index (χ1n) is 9.30. The van der Waals surface area contributed by atoms with E-state index in [1.165, 1.54) is 0 Å². The van der Waals surface area contributed by atoms with E-state index in [1.807, 2.05) is 35.5 Å². The summed E-state index contributed by atoms with van der Waals surface area (Å²) >= 11 is 3.54. The molecule has 1 aliphatic rings. The zero-order valence-corrected chi connectivity index (χ0v) is 17.0. The van der Waals surface area contributed by atoms with Gasteiger partial charge in [0, 0.05) is 44.8 Å². The predicted octanol–water partition coefficient (Wildman–Crippen LogP) is 1.65. The average Bonchev–Trinajstić information content (AvgIpc) is 3.22. The van der Waals surface area contributed by atoms with Crippen molar-refractivity contribution in [1.29, 1.82) is 0 Å². The maximum Gasteiger partial charge on any atom is 0.113 e. The van der Waals surface area contributed by atoms with Crippen LogP contribution in [0.25, 0.3) is 21.8 Å². The van der Waals surface area contributed by atoms with E-state index in [4.69, 9.17) is 13.0 Å². The molecule has 2 aromatic carbocycles. The molecule has 0 saturated carbocycles. The molecule has 0 bridgehead atoms. The number of halogens is 1. The van der Waals surface area contributed by atoms with Crippen molar-refractivity contribution in [3.63, 3.8) is 0 Å². The number of allylic oxidation sites excluding steroid dienone is 1. The molecule has 0 saturated heterocycles. The fraction of sp³-hybridized carbons (Fsp3) is 0.300. The van der Waals surface area contributed by atoms with Crippen molar-refractivity contribution < 1.29 is 10.2 Å². The van der Waals surface area contributed by atoms with Crippen molar-refractivity contribution >= 4 is 51.0 Å². The van der Waals surface area contributed by atoms with Crippen LogP contribution in [-0.2, 0) is 6.54 Å². The number of hydrogen-bond acceptors (Lipinski definition) is 5. The topological polar surface area (TPSA) is 72.7 Å². The van der Waals surface area contributed by atoms with Crippen LogP contribution in [0.5, 0.6) is 0 Å². The summed E-state index contributed by atoms with van der Waals surface area (Å²) in [6, 6.07) is 12.0. The molecule has 2 heterocycles. The van der Waals surface area contributed by atoms with Gasteiger partial charge in [0.2, 0.25) is 0 Å². The Balaban J connectivity index is 1.58. The highest BCUT2D eigenvalue weighted by molar-refractivity contribution is 9.10. The van der Waals surface area contributed by atoms with E-state index in [2.05, 4.69) is 43.6 Å². The third-order valence-corrected chi connectivity index (χ3v) is 5.42. The molecular formula is C20H22BBrN4O2. The van der Waals surface area contributed by atoms with E-state index < -0.39 is 6.10 Å². The molecule has 0 aliphatic carbocycles. The predicted molar refractivity (Wildman–Crippen MR) is 116 cm³/mol. The molecule has 6 nitrogen and oxygen atoms in total. The number of fused-ring (bicyclic) bond motifs is 3. The van der Waals surface area contributed by atoms with Crippen molar-refractivity contribution in [2.75, 3.05) is 13.2 Å². The Bertz CT molecular complexity index is 977. The van der Waals surface area contributed by atoms with Gasteiger partial charge in [0.1, 0.15) is 7.85 Å². The Kier molecular flexibility index (Phi) is 5.64. The van der Waals surface area contributed by atoms with Crippen LogP contribution in [0.1, 0.15) is 12.8 Å². The van der Waals surface area contributed by atoms with E-state index >= 15 is 0 Å². The SMILES string of the molecule is [B]c1ccc2c(c1)c1cc(Br)ccc1n2CC(O)CN1C=C(CCCO)NN1. The van der Waals surface area contributed by atoms with Crippen LogP contribution >= 0.6 is 15.9 Å². The van der Waals surface area contributed by atoms with Crippen LogP contribution in [0, 0.1) is 0 Å². The molecule has 4 N–H and O–H groups in total. The van der Waals surface area contributed by atoms with E-state index in [-0.39, 0.29) is 6.61 Å². The van der Waals surface area contributed by atoms with Gasteiger partial charge in [0.05, 0.1) is 19.2 Å². The first kappa shape index (κ1) is 19.3. The Morgan fingerprint density at radius 1 is 1.07 bits per heavy atom. The zero-order valence-electron chi connectivity index (χ0n) is 15.4. The maximum atomic E-state index is 10.7. The van der Waals surface area contributed by atoms with Crippen LogP contribution in [0.3, 0.4) is 0 Å². The van der Waals surface area contributed by atoms with Crippen LogP contribution in [0.4, 0.5) is 0 Å². The number of hydrazine groups is 2. The van der Waals surface area contributed by atoms with Gasteiger partial charge in [-0.3, -0.25) is 5.01 Å². The van der Waals surface area contributed by atoms with Gasteiger partial charge in [-0.2, -0.15) is 0 Å². The van der Waals surface area contributed by atoms with Crippen molar-refractivity contribution in [2.24, 2.45) is 0 Å². The molecule has 144 valence electrons. The number of hydrogen-bond donors (Lipinski definition) is 4. The van der Waals surface area contributed by atoms with Gasteiger partial charge in [0.15, 0.2) is 0 Å². The third-order valence-electron chi connectivity index (χ3n) is 4.93. The zero-order chi connectivity index (χ0) is 19.7. The van der Waals surface area contributed by atoms with Crippen LogP contribution in [0.15, 0.2) is 52.8 Å². The number of nitrogens with one attached hydrogen (secondary N) is 2. The van der Waals surface area contributed by atoms with E-state index in [0.29, 0.717) is 19.5 Å². The second-order valence-corrected chi connectivity index (χ2v) is 7.99. The van der Waals surface area contributed by atoms with Gasteiger partial charge in [-0.05, 0) is 37.1 Å². The van der Waals surface area contributed by atoms with Gasteiger partial charge in [-0.1, -0.05) is 33.5 Å². The number of nitrogens with zero attached hydrogens (tertiary/aromatic N) is 2. The van der Waals surface area contributed by atoms with Gasteiger partial charge < -0.3 is 20.2 Å². The largest absolute Gasteiger partial charge is 0.396 e. The number of β-amino-alcohol motifs (C(OH)–C–C–N with tert-alkyl or cyclic N) is 1. The Labute approximate surface area is 173 Å². The van der Waals surface area contributed by atoms with Crippen molar-refractivity contribution in [1.82, 2.24) is 20.5 Å². The van der Waals surface area contributed by atoms with Crippen molar-refractivity contribution in [3.8, 4) is 0 Å². The average molecular weight is 441 g/mol. The van der Waals surface area contributed by atoms with E-state index in [1.54, 1.807) is 0 Å². The molecule has 4 rings (SSSR count).